The summed E-state index contributed by atoms with van der Waals surface area (Å²) in [5.74, 6) is -0.490. The molecule has 0 atom stereocenters. The maximum absolute atomic E-state index is 11.1. The van der Waals surface area contributed by atoms with Crippen molar-refractivity contribution in [3.63, 3.8) is 0 Å². The Hall–Kier alpha value is -1.40. The summed E-state index contributed by atoms with van der Waals surface area (Å²) in [6.45, 7) is 9.81. The summed E-state index contributed by atoms with van der Waals surface area (Å²) >= 11 is 0. The summed E-state index contributed by atoms with van der Waals surface area (Å²) in [7, 11) is -0.521. The Labute approximate surface area is 113 Å². The van der Waals surface area contributed by atoms with Crippen LogP contribution in [0.4, 0.5) is 0 Å². The molecule has 0 saturated carbocycles. The van der Waals surface area contributed by atoms with Gasteiger partial charge in [-0.05, 0) is 46.2 Å². The molecule has 0 unspecified atom stereocenters. The first-order chi connectivity index (χ1) is 8.64. The zero-order chi connectivity index (χ0) is 14.4. The van der Waals surface area contributed by atoms with Gasteiger partial charge >= 0.3 is 7.12 Å². The fourth-order valence-electron chi connectivity index (χ4n) is 1.92. The second kappa shape index (κ2) is 4.32. The van der Waals surface area contributed by atoms with Crippen LogP contribution >= 0.6 is 0 Å². The van der Waals surface area contributed by atoms with Gasteiger partial charge in [-0.2, -0.15) is 0 Å². The van der Waals surface area contributed by atoms with E-state index in [4.69, 9.17) is 15.0 Å². The van der Waals surface area contributed by atoms with Gasteiger partial charge < -0.3 is 15.0 Å². The molecule has 1 aromatic rings. The Kier molecular flexibility index (Phi) is 3.19. The van der Waals surface area contributed by atoms with Crippen molar-refractivity contribution >= 4 is 18.6 Å². The van der Waals surface area contributed by atoms with E-state index < -0.39 is 24.2 Å². The molecule has 0 aliphatic carbocycles. The lowest BCUT2D eigenvalue weighted by atomic mass is 9.81. The fraction of sp³-hybridized carbons (Fsp3) is 0.538. The standard InChI is InChI=1S/C13H19BN2O3/c1-8-6-9(11(15)17)7-16-10(8)14-18-12(2,3)13(4,5)19-14/h6-7H,1-5H3,(H2,15,17). The third-order valence-electron chi connectivity index (χ3n) is 3.88. The Morgan fingerprint density at radius 2 is 1.79 bits per heavy atom. The lowest BCUT2D eigenvalue weighted by molar-refractivity contribution is 0.00578. The first-order valence-electron chi connectivity index (χ1n) is 6.26. The molecule has 1 aromatic heterocycles. The molecule has 0 bridgehead atoms. The molecule has 1 aliphatic heterocycles. The highest BCUT2D eigenvalue weighted by molar-refractivity contribution is 6.61. The Balaban J connectivity index is 2.33. The van der Waals surface area contributed by atoms with Crippen molar-refractivity contribution in [1.82, 2.24) is 4.98 Å². The van der Waals surface area contributed by atoms with Gasteiger partial charge in [0.25, 0.3) is 0 Å². The van der Waals surface area contributed by atoms with Crippen LogP contribution in [0.5, 0.6) is 0 Å². The summed E-state index contributed by atoms with van der Waals surface area (Å²) in [5.41, 5.74) is 6.31. The average molecular weight is 262 g/mol. The van der Waals surface area contributed by atoms with Gasteiger partial charge in [0.05, 0.1) is 22.4 Å². The number of nitrogens with two attached hydrogens (primary N) is 1. The van der Waals surface area contributed by atoms with Crippen LogP contribution in [-0.2, 0) is 9.31 Å². The quantitative estimate of drug-likeness (QED) is 0.799. The van der Waals surface area contributed by atoms with Gasteiger partial charge in [-0.1, -0.05) is 0 Å². The summed E-state index contributed by atoms with van der Waals surface area (Å²) in [6.07, 6.45) is 1.45. The highest BCUT2D eigenvalue weighted by Crippen LogP contribution is 2.36. The topological polar surface area (TPSA) is 74.4 Å². The zero-order valence-electron chi connectivity index (χ0n) is 12.0. The largest absolute Gasteiger partial charge is 0.514 e. The van der Waals surface area contributed by atoms with E-state index >= 15 is 0 Å². The Bertz CT molecular complexity index is 513. The van der Waals surface area contributed by atoms with E-state index in [0.717, 1.165) is 5.56 Å². The maximum Gasteiger partial charge on any atom is 0.514 e. The number of carbonyl (C=O) groups excluding carboxylic acids is 1. The first kappa shape index (κ1) is 14.0. The summed E-state index contributed by atoms with van der Waals surface area (Å²) in [5, 5.41) is 0. The minimum atomic E-state index is -0.521. The number of nitrogens with zero attached hydrogens (tertiary/aromatic N) is 1. The van der Waals surface area contributed by atoms with Crippen molar-refractivity contribution in [2.24, 2.45) is 5.73 Å². The van der Waals surface area contributed by atoms with Crippen molar-refractivity contribution in [2.75, 3.05) is 0 Å². The highest BCUT2D eigenvalue weighted by Gasteiger charge is 2.52. The van der Waals surface area contributed by atoms with E-state index in [1.54, 1.807) is 6.07 Å². The van der Waals surface area contributed by atoms with Gasteiger partial charge in [0, 0.05) is 6.20 Å². The highest BCUT2D eigenvalue weighted by atomic mass is 16.7. The molecule has 0 radical (unpaired) electrons. The number of pyridine rings is 1. The van der Waals surface area contributed by atoms with Gasteiger partial charge in [0.1, 0.15) is 0 Å². The van der Waals surface area contributed by atoms with Gasteiger partial charge in [-0.15, -0.1) is 0 Å². The van der Waals surface area contributed by atoms with Gasteiger partial charge in [-0.25, -0.2) is 0 Å². The number of primary amides is 1. The molecule has 2 N–H and O–H groups in total. The van der Waals surface area contributed by atoms with Crippen LogP contribution in [-0.4, -0.2) is 29.2 Å². The van der Waals surface area contributed by atoms with Crippen LogP contribution in [0.3, 0.4) is 0 Å². The van der Waals surface area contributed by atoms with Crippen LogP contribution in [0.1, 0.15) is 43.6 Å². The minimum absolute atomic E-state index is 0.387. The van der Waals surface area contributed by atoms with E-state index in [1.807, 2.05) is 34.6 Å². The molecule has 0 aromatic carbocycles. The van der Waals surface area contributed by atoms with Crippen LogP contribution in [0.25, 0.3) is 0 Å². The van der Waals surface area contributed by atoms with Crippen molar-refractivity contribution in [2.45, 2.75) is 45.8 Å². The van der Waals surface area contributed by atoms with Crippen molar-refractivity contribution < 1.29 is 14.1 Å². The molecule has 6 heteroatoms. The number of aromatic nitrogens is 1. The molecule has 2 rings (SSSR count). The lowest BCUT2D eigenvalue weighted by Gasteiger charge is -2.32. The number of hydrogen-bond donors (Lipinski definition) is 1. The molecule has 5 nitrogen and oxygen atoms in total. The molecule has 1 aliphatic rings. The van der Waals surface area contributed by atoms with Crippen LogP contribution in [0.15, 0.2) is 12.3 Å². The second-order valence-corrected chi connectivity index (χ2v) is 5.88. The van der Waals surface area contributed by atoms with Crippen molar-refractivity contribution in [3.8, 4) is 0 Å². The molecule has 1 amide bonds. The second-order valence-electron chi connectivity index (χ2n) is 5.88. The van der Waals surface area contributed by atoms with E-state index in [1.165, 1.54) is 6.20 Å². The molecule has 2 heterocycles. The maximum atomic E-state index is 11.1. The first-order valence-corrected chi connectivity index (χ1v) is 6.26. The molecule has 0 spiro atoms. The summed E-state index contributed by atoms with van der Waals surface area (Å²) < 4.78 is 11.9. The van der Waals surface area contributed by atoms with Crippen LogP contribution < -0.4 is 11.3 Å². The van der Waals surface area contributed by atoms with Gasteiger partial charge in [0.2, 0.25) is 5.91 Å². The van der Waals surface area contributed by atoms with E-state index in [0.29, 0.717) is 11.2 Å². The Morgan fingerprint density at radius 1 is 1.26 bits per heavy atom. The predicted molar refractivity (Wildman–Crippen MR) is 73.2 cm³/mol. The number of carbonyl (C=O) groups is 1. The molecular weight excluding hydrogens is 243 g/mol. The normalized spacial score (nSPS) is 20.6. The monoisotopic (exact) mass is 262 g/mol. The minimum Gasteiger partial charge on any atom is -0.398 e. The Morgan fingerprint density at radius 3 is 2.21 bits per heavy atom. The predicted octanol–water partition coefficient (Wildman–Crippen LogP) is 0.788. The third-order valence-corrected chi connectivity index (χ3v) is 3.88. The van der Waals surface area contributed by atoms with Crippen LogP contribution in [0.2, 0.25) is 0 Å². The van der Waals surface area contributed by atoms with Gasteiger partial charge in [0.15, 0.2) is 0 Å². The molecule has 19 heavy (non-hydrogen) atoms. The number of rotatable bonds is 2. The SMILES string of the molecule is Cc1cc(C(N)=O)cnc1B1OC(C)(C)C(C)(C)O1. The summed E-state index contributed by atoms with van der Waals surface area (Å²) in [4.78, 5) is 15.4. The average Bonchev–Trinajstić information content (AvgIpc) is 2.47. The van der Waals surface area contributed by atoms with Crippen molar-refractivity contribution in [1.29, 1.82) is 0 Å². The molecule has 102 valence electrons. The molecule has 1 fully saturated rings. The van der Waals surface area contributed by atoms with Gasteiger partial charge in [-0.3, -0.25) is 9.78 Å². The molecular formula is C13H19BN2O3. The summed E-state index contributed by atoms with van der Waals surface area (Å²) in [6, 6.07) is 1.70. The lowest BCUT2D eigenvalue weighted by Crippen LogP contribution is -2.41. The number of hydrogen-bond acceptors (Lipinski definition) is 4. The van der Waals surface area contributed by atoms with Crippen LogP contribution in [0, 0.1) is 6.92 Å². The van der Waals surface area contributed by atoms with E-state index in [9.17, 15) is 4.79 Å². The third kappa shape index (κ3) is 2.38. The smallest absolute Gasteiger partial charge is 0.398 e. The number of amides is 1. The number of aryl methyl sites for hydroxylation is 1. The fourth-order valence-corrected chi connectivity index (χ4v) is 1.92. The zero-order valence-corrected chi connectivity index (χ0v) is 12.0. The van der Waals surface area contributed by atoms with E-state index in [-0.39, 0.29) is 0 Å². The van der Waals surface area contributed by atoms with E-state index in [2.05, 4.69) is 4.98 Å². The van der Waals surface area contributed by atoms with Crippen molar-refractivity contribution in [3.05, 3.63) is 23.4 Å². The molecule has 1 saturated heterocycles.